The van der Waals surface area contributed by atoms with E-state index in [0.29, 0.717) is 0 Å². The van der Waals surface area contributed by atoms with E-state index in [1.54, 1.807) is 11.3 Å². The maximum absolute atomic E-state index is 6.13. The normalized spacial score (nSPS) is 11.8. The maximum atomic E-state index is 6.13. The Kier molecular flexibility index (Phi) is 5.46. The Morgan fingerprint density at radius 1 is 1.32 bits per heavy atom. The lowest BCUT2D eigenvalue weighted by molar-refractivity contribution is 0.549. The van der Waals surface area contributed by atoms with Crippen LogP contribution < -0.4 is 0 Å². The molecule has 1 nitrogen and oxygen atoms in total. The number of hydrogen-bond acceptors (Lipinski definition) is 2. The summed E-state index contributed by atoms with van der Waals surface area (Å²) in [6, 6.07) is 8.09. The lowest BCUT2D eigenvalue weighted by atomic mass is 9.81. The molecule has 0 aliphatic carbocycles. The van der Waals surface area contributed by atoms with Crippen LogP contribution in [-0.2, 0) is 11.8 Å². The molecule has 1 aromatic heterocycles. The van der Waals surface area contributed by atoms with Crippen molar-refractivity contribution in [3.8, 4) is 0 Å². The van der Waals surface area contributed by atoms with Gasteiger partial charge in [0.05, 0.1) is 5.01 Å². The van der Waals surface area contributed by atoms with Gasteiger partial charge in [-0.15, -0.1) is 11.3 Å². The molecular weight excluding hydrogens is 409 g/mol. The van der Waals surface area contributed by atoms with Gasteiger partial charge in [-0.3, -0.25) is 0 Å². The highest BCUT2D eigenvalue weighted by molar-refractivity contribution is 9.09. The minimum atomic E-state index is -0.0187. The molecule has 0 amide bonds. The molecule has 1 heterocycles. The summed E-state index contributed by atoms with van der Waals surface area (Å²) in [5.41, 5.74) is 2.31. The van der Waals surface area contributed by atoms with E-state index in [1.165, 1.54) is 5.56 Å². The van der Waals surface area contributed by atoms with Gasteiger partial charge in [0.2, 0.25) is 0 Å². The molecule has 0 atom stereocenters. The number of nitrogens with zero attached hydrogens (tertiary/aromatic N) is 1. The molecule has 2 aromatic rings. The van der Waals surface area contributed by atoms with Crippen LogP contribution >= 0.6 is 54.8 Å². The van der Waals surface area contributed by atoms with E-state index >= 15 is 0 Å². The second kappa shape index (κ2) is 6.70. The molecule has 102 valence electrons. The number of hydrogen-bond donors (Lipinski definition) is 0. The van der Waals surface area contributed by atoms with Gasteiger partial charge in [-0.25, -0.2) is 4.98 Å². The first-order valence-electron chi connectivity index (χ1n) is 5.88. The zero-order valence-electron chi connectivity index (χ0n) is 10.5. The van der Waals surface area contributed by atoms with Crippen LogP contribution in [0.5, 0.6) is 0 Å². The van der Waals surface area contributed by atoms with Crippen LogP contribution in [0.2, 0.25) is 5.02 Å². The van der Waals surface area contributed by atoms with E-state index < -0.39 is 0 Å². The molecule has 0 fully saturated rings. The largest absolute Gasteiger partial charge is 0.247 e. The van der Waals surface area contributed by atoms with E-state index in [0.717, 1.165) is 32.8 Å². The van der Waals surface area contributed by atoms with Gasteiger partial charge in [0.25, 0.3) is 0 Å². The highest BCUT2D eigenvalue weighted by Crippen LogP contribution is 2.34. The van der Waals surface area contributed by atoms with Crippen molar-refractivity contribution in [3.63, 3.8) is 0 Å². The van der Waals surface area contributed by atoms with Gasteiger partial charge in [0.15, 0.2) is 0 Å². The van der Waals surface area contributed by atoms with Crippen LogP contribution in [0.15, 0.2) is 29.6 Å². The molecule has 0 bridgehead atoms. The molecule has 0 unspecified atom stereocenters. The summed E-state index contributed by atoms with van der Waals surface area (Å²) in [4.78, 5) is 4.58. The van der Waals surface area contributed by atoms with Crippen LogP contribution in [0.1, 0.15) is 16.3 Å². The molecule has 5 heteroatoms. The summed E-state index contributed by atoms with van der Waals surface area (Å²) in [6.07, 6.45) is 0.905. The monoisotopic (exact) mass is 421 g/mol. The Labute approximate surface area is 139 Å². The van der Waals surface area contributed by atoms with E-state index in [2.05, 4.69) is 48.3 Å². The summed E-state index contributed by atoms with van der Waals surface area (Å²) in [5, 5.41) is 5.77. The Hall–Kier alpha value is 0.1000. The zero-order valence-corrected chi connectivity index (χ0v) is 15.2. The van der Waals surface area contributed by atoms with Gasteiger partial charge in [0, 0.05) is 38.6 Å². The third-order valence-corrected chi connectivity index (χ3v) is 6.45. The van der Waals surface area contributed by atoms with Crippen molar-refractivity contribution in [1.82, 2.24) is 4.98 Å². The number of alkyl halides is 2. The topological polar surface area (TPSA) is 12.9 Å². The van der Waals surface area contributed by atoms with Crippen LogP contribution in [0.25, 0.3) is 0 Å². The van der Waals surface area contributed by atoms with Crippen LogP contribution in [0.3, 0.4) is 0 Å². The van der Waals surface area contributed by atoms with Crippen molar-refractivity contribution >= 4 is 54.8 Å². The number of aryl methyl sites for hydroxylation is 1. The second-order valence-corrected chi connectivity index (χ2v) is 7.12. The van der Waals surface area contributed by atoms with Gasteiger partial charge in [-0.2, -0.15) is 0 Å². The smallest absolute Gasteiger partial charge is 0.0937 e. The summed E-state index contributed by atoms with van der Waals surface area (Å²) >= 11 is 15.2. The first kappa shape index (κ1) is 15.5. The van der Waals surface area contributed by atoms with Crippen molar-refractivity contribution in [2.45, 2.75) is 18.8 Å². The SMILES string of the molecule is Cc1csc(CC(CBr)(CBr)c2cccc(Cl)c2)n1. The third kappa shape index (κ3) is 3.60. The van der Waals surface area contributed by atoms with Crippen LogP contribution in [0, 0.1) is 6.92 Å². The van der Waals surface area contributed by atoms with Crippen molar-refractivity contribution in [1.29, 1.82) is 0 Å². The summed E-state index contributed by atoms with van der Waals surface area (Å²) in [7, 11) is 0. The Bertz CT molecular complexity index is 552. The molecule has 0 spiro atoms. The predicted molar refractivity (Wildman–Crippen MR) is 91.3 cm³/mol. The van der Waals surface area contributed by atoms with Crippen LogP contribution in [0.4, 0.5) is 0 Å². The van der Waals surface area contributed by atoms with Gasteiger partial charge in [-0.05, 0) is 24.6 Å². The molecule has 0 radical (unpaired) electrons. The molecule has 1 aromatic carbocycles. The quantitative estimate of drug-likeness (QED) is 0.589. The van der Waals surface area contributed by atoms with Gasteiger partial charge in [0.1, 0.15) is 0 Å². The van der Waals surface area contributed by atoms with Gasteiger partial charge < -0.3 is 0 Å². The lowest BCUT2D eigenvalue weighted by Crippen LogP contribution is -2.33. The van der Waals surface area contributed by atoms with Crippen molar-refractivity contribution in [2.75, 3.05) is 10.7 Å². The standard InChI is InChI=1S/C14H14Br2ClNS/c1-10-7-19-13(18-10)6-14(8-15,9-16)11-3-2-4-12(17)5-11/h2-5,7H,6,8-9H2,1H3. The molecule has 0 saturated heterocycles. The molecule has 0 aliphatic heterocycles. The second-order valence-electron chi connectivity index (χ2n) is 4.62. The fourth-order valence-electron chi connectivity index (χ4n) is 1.98. The summed E-state index contributed by atoms with van der Waals surface area (Å²) < 4.78 is 0. The van der Waals surface area contributed by atoms with E-state index in [4.69, 9.17) is 11.6 Å². The number of thiazole rings is 1. The number of benzene rings is 1. The fourth-order valence-corrected chi connectivity index (χ4v) is 5.06. The third-order valence-electron chi connectivity index (χ3n) is 3.10. The molecule has 0 saturated carbocycles. The van der Waals surface area contributed by atoms with Crippen LogP contribution in [-0.4, -0.2) is 15.6 Å². The Morgan fingerprint density at radius 3 is 2.58 bits per heavy atom. The molecule has 19 heavy (non-hydrogen) atoms. The Balaban J connectivity index is 2.37. The number of rotatable bonds is 5. The van der Waals surface area contributed by atoms with E-state index in [-0.39, 0.29) is 5.41 Å². The first-order valence-corrected chi connectivity index (χ1v) is 9.39. The minimum absolute atomic E-state index is 0.0187. The molecule has 0 aliphatic rings. The van der Waals surface area contributed by atoms with Crippen molar-refractivity contribution in [3.05, 3.63) is 50.9 Å². The average Bonchev–Trinajstić information content (AvgIpc) is 2.81. The highest BCUT2D eigenvalue weighted by atomic mass is 79.9. The number of aromatic nitrogens is 1. The minimum Gasteiger partial charge on any atom is -0.247 e. The van der Waals surface area contributed by atoms with Gasteiger partial charge >= 0.3 is 0 Å². The van der Waals surface area contributed by atoms with Crippen molar-refractivity contribution < 1.29 is 0 Å². The van der Waals surface area contributed by atoms with Gasteiger partial charge in [-0.1, -0.05) is 55.6 Å². The Morgan fingerprint density at radius 2 is 2.05 bits per heavy atom. The van der Waals surface area contributed by atoms with Crippen molar-refractivity contribution in [2.24, 2.45) is 0 Å². The number of halogens is 3. The lowest BCUT2D eigenvalue weighted by Gasteiger charge is -2.30. The molecular formula is C14H14Br2ClNS. The highest BCUT2D eigenvalue weighted by Gasteiger charge is 2.31. The average molecular weight is 424 g/mol. The summed E-state index contributed by atoms with van der Waals surface area (Å²) in [5.74, 6) is 0. The maximum Gasteiger partial charge on any atom is 0.0937 e. The predicted octanol–water partition coefficient (Wildman–Crippen LogP) is 5.38. The first-order chi connectivity index (χ1) is 9.09. The van der Waals surface area contributed by atoms with E-state index in [9.17, 15) is 0 Å². The summed E-state index contributed by atoms with van der Waals surface area (Å²) in [6.45, 7) is 2.03. The fraction of sp³-hybridized carbons (Fsp3) is 0.357. The molecule has 2 rings (SSSR count). The zero-order chi connectivity index (χ0) is 13.9. The van der Waals surface area contributed by atoms with E-state index in [1.807, 2.05) is 25.1 Å². The molecule has 0 N–H and O–H groups in total.